The van der Waals surface area contributed by atoms with Crippen molar-refractivity contribution in [2.75, 3.05) is 57.5 Å². The summed E-state index contributed by atoms with van der Waals surface area (Å²) >= 11 is 0. The van der Waals surface area contributed by atoms with E-state index in [-0.39, 0.29) is 0 Å². The third-order valence-corrected chi connectivity index (χ3v) is 4.11. The first-order chi connectivity index (χ1) is 10.1. The minimum absolute atomic E-state index is 0.519. The van der Waals surface area contributed by atoms with Crippen molar-refractivity contribution in [3.8, 4) is 0 Å². The predicted octanol–water partition coefficient (Wildman–Crippen LogP) is 1.26. The second-order valence-corrected chi connectivity index (χ2v) is 5.90. The maximum absolute atomic E-state index is 4.38. The number of likely N-dealkylation sites (N-methyl/N-ethyl adjacent to an activating group) is 2. The van der Waals surface area contributed by atoms with E-state index in [2.05, 4.69) is 58.3 Å². The lowest BCUT2D eigenvalue weighted by atomic mass is 10.2. The third-order valence-electron chi connectivity index (χ3n) is 4.11. The average Bonchev–Trinajstić information content (AvgIpc) is 2.48. The van der Waals surface area contributed by atoms with Crippen LogP contribution in [0.2, 0.25) is 0 Å². The maximum Gasteiger partial charge on any atom is 0.134 e. The number of anilines is 2. The number of rotatable bonds is 6. The molecule has 6 nitrogen and oxygen atoms in total. The second-order valence-electron chi connectivity index (χ2n) is 5.90. The van der Waals surface area contributed by atoms with Crippen molar-refractivity contribution >= 4 is 11.6 Å². The van der Waals surface area contributed by atoms with Crippen molar-refractivity contribution < 1.29 is 0 Å². The highest BCUT2D eigenvalue weighted by Gasteiger charge is 2.22. The van der Waals surface area contributed by atoms with Gasteiger partial charge in [0.1, 0.15) is 18.0 Å². The van der Waals surface area contributed by atoms with E-state index < -0.39 is 0 Å². The van der Waals surface area contributed by atoms with Crippen LogP contribution in [0.4, 0.5) is 11.6 Å². The van der Waals surface area contributed by atoms with Crippen molar-refractivity contribution in [2.24, 2.45) is 0 Å². The van der Waals surface area contributed by atoms with E-state index in [1.807, 2.05) is 0 Å². The highest BCUT2D eigenvalue weighted by atomic mass is 15.3. The molecule has 1 aliphatic rings. The van der Waals surface area contributed by atoms with Gasteiger partial charge in [0.05, 0.1) is 0 Å². The van der Waals surface area contributed by atoms with E-state index in [9.17, 15) is 0 Å². The fraction of sp³-hybridized carbons (Fsp3) is 0.733. The zero-order valence-electron chi connectivity index (χ0n) is 13.7. The Bertz CT molecular complexity index is 450. The van der Waals surface area contributed by atoms with Crippen LogP contribution in [0, 0.1) is 6.92 Å². The first-order valence-electron chi connectivity index (χ1n) is 7.80. The fourth-order valence-electron chi connectivity index (χ4n) is 2.59. The van der Waals surface area contributed by atoms with Gasteiger partial charge in [-0.25, -0.2) is 9.97 Å². The zero-order valence-corrected chi connectivity index (χ0v) is 13.7. The molecule has 1 aromatic rings. The summed E-state index contributed by atoms with van der Waals surface area (Å²) in [7, 11) is 4.38. The molecule has 0 bridgehead atoms. The molecule has 0 radical (unpaired) electrons. The first kappa shape index (κ1) is 16.0. The summed E-state index contributed by atoms with van der Waals surface area (Å²) in [6.45, 7) is 9.42. The van der Waals surface area contributed by atoms with E-state index in [0.29, 0.717) is 6.04 Å². The van der Waals surface area contributed by atoms with Gasteiger partial charge in [0, 0.05) is 44.3 Å². The van der Waals surface area contributed by atoms with E-state index in [1.165, 1.54) is 0 Å². The van der Waals surface area contributed by atoms with Gasteiger partial charge < -0.3 is 15.5 Å². The van der Waals surface area contributed by atoms with Crippen LogP contribution in [0.15, 0.2) is 6.33 Å². The zero-order chi connectivity index (χ0) is 15.2. The summed E-state index contributed by atoms with van der Waals surface area (Å²) in [6, 6.07) is 0.519. The summed E-state index contributed by atoms with van der Waals surface area (Å²) in [5.41, 5.74) is 1.10. The summed E-state index contributed by atoms with van der Waals surface area (Å²) in [5.74, 6) is 1.87. The summed E-state index contributed by atoms with van der Waals surface area (Å²) in [5, 5.41) is 6.84. The Labute approximate surface area is 127 Å². The highest BCUT2D eigenvalue weighted by molar-refractivity contribution is 5.56. The lowest BCUT2D eigenvalue weighted by Gasteiger charge is -2.37. The van der Waals surface area contributed by atoms with Gasteiger partial charge >= 0.3 is 0 Å². The average molecular weight is 292 g/mol. The van der Waals surface area contributed by atoms with Crippen LogP contribution in [0.5, 0.6) is 0 Å². The van der Waals surface area contributed by atoms with Crippen molar-refractivity contribution in [3.63, 3.8) is 0 Å². The lowest BCUT2D eigenvalue weighted by Crippen LogP contribution is -2.52. The molecule has 2 N–H and O–H groups in total. The molecule has 1 aromatic heterocycles. The standard InChI is InChI=1S/C15H28N6/c1-5-6-16-14-12(2)15(19-11-18-14)17-9-13-10-20(3)7-8-21(13)4/h11,13H,5-10H2,1-4H3,(H2,16,17,18,19). The number of piperazine rings is 1. The lowest BCUT2D eigenvalue weighted by molar-refractivity contribution is 0.122. The van der Waals surface area contributed by atoms with Gasteiger partial charge in [0.2, 0.25) is 0 Å². The van der Waals surface area contributed by atoms with Gasteiger partial charge in [0.25, 0.3) is 0 Å². The van der Waals surface area contributed by atoms with Gasteiger partial charge in [0.15, 0.2) is 0 Å². The van der Waals surface area contributed by atoms with Crippen LogP contribution >= 0.6 is 0 Å². The third kappa shape index (κ3) is 4.28. The van der Waals surface area contributed by atoms with Gasteiger partial charge in [-0.2, -0.15) is 0 Å². The Kier molecular flexibility index (Phi) is 5.76. The minimum atomic E-state index is 0.519. The molecule has 0 saturated carbocycles. The summed E-state index contributed by atoms with van der Waals surface area (Å²) < 4.78 is 0. The van der Waals surface area contributed by atoms with Crippen molar-refractivity contribution in [3.05, 3.63) is 11.9 Å². The molecular weight excluding hydrogens is 264 g/mol. The van der Waals surface area contributed by atoms with Gasteiger partial charge in [-0.3, -0.25) is 4.90 Å². The Morgan fingerprint density at radius 2 is 1.90 bits per heavy atom. The Balaban J connectivity index is 1.96. The molecule has 1 unspecified atom stereocenters. The highest BCUT2D eigenvalue weighted by Crippen LogP contribution is 2.18. The molecule has 0 spiro atoms. The number of hydrogen-bond acceptors (Lipinski definition) is 6. The molecule has 1 saturated heterocycles. The van der Waals surface area contributed by atoms with Crippen LogP contribution in [0.1, 0.15) is 18.9 Å². The minimum Gasteiger partial charge on any atom is -0.370 e. The Hall–Kier alpha value is -1.40. The van der Waals surface area contributed by atoms with E-state index in [0.717, 1.165) is 56.3 Å². The van der Waals surface area contributed by atoms with E-state index in [4.69, 9.17) is 0 Å². The van der Waals surface area contributed by atoms with Crippen molar-refractivity contribution in [1.29, 1.82) is 0 Å². The quantitative estimate of drug-likeness (QED) is 0.823. The van der Waals surface area contributed by atoms with Crippen LogP contribution in [0.25, 0.3) is 0 Å². The monoisotopic (exact) mass is 292 g/mol. The Morgan fingerprint density at radius 1 is 1.19 bits per heavy atom. The van der Waals surface area contributed by atoms with Crippen LogP contribution < -0.4 is 10.6 Å². The largest absolute Gasteiger partial charge is 0.370 e. The molecule has 0 aromatic carbocycles. The number of nitrogens with zero attached hydrogens (tertiary/aromatic N) is 4. The molecule has 6 heteroatoms. The molecule has 2 heterocycles. The number of hydrogen-bond donors (Lipinski definition) is 2. The number of nitrogens with one attached hydrogen (secondary N) is 2. The molecular formula is C15H28N6. The normalized spacial score (nSPS) is 20.5. The van der Waals surface area contributed by atoms with Gasteiger partial charge in [-0.15, -0.1) is 0 Å². The molecule has 0 amide bonds. The maximum atomic E-state index is 4.38. The smallest absolute Gasteiger partial charge is 0.134 e. The molecule has 1 aliphatic heterocycles. The SMILES string of the molecule is CCCNc1ncnc(NCC2CN(C)CCN2C)c1C. The van der Waals surface area contributed by atoms with Gasteiger partial charge in [-0.1, -0.05) is 6.92 Å². The van der Waals surface area contributed by atoms with E-state index in [1.54, 1.807) is 6.33 Å². The first-order valence-corrected chi connectivity index (χ1v) is 7.80. The Morgan fingerprint density at radius 3 is 2.62 bits per heavy atom. The van der Waals surface area contributed by atoms with Gasteiger partial charge in [-0.05, 0) is 27.4 Å². The summed E-state index contributed by atoms with van der Waals surface area (Å²) in [6.07, 6.45) is 2.72. The molecule has 118 valence electrons. The number of aromatic nitrogens is 2. The van der Waals surface area contributed by atoms with Crippen molar-refractivity contribution in [1.82, 2.24) is 19.8 Å². The van der Waals surface area contributed by atoms with Crippen LogP contribution in [0.3, 0.4) is 0 Å². The fourth-order valence-corrected chi connectivity index (χ4v) is 2.59. The molecule has 0 aliphatic carbocycles. The predicted molar refractivity (Wildman–Crippen MR) is 88.0 cm³/mol. The molecule has 21 heavy (non-hydrogen) atoms. The summed E-state index contributed by atoms with van der Waals surface area (Å²) in [4.78, 5) is 13.5. The molecule has 1 fully saturated rings. The topological polar surface area (TPSA) is 56.3 Å². The molecule has 1 atom stereocenters. The molecule has 2 rings (SSSR count). The van der Waals surface area contributed by atoms with Crippen molar-refractivity contribution in [2.45, 2.75) is 26.3 Å². The second kappa shape index (κ2) is 7.56. The van der Waals surface area contributed by atoms with Crippen LogP contribution in [-0.4, -0.2) is 72.6 Å². The van der Waals surface area contributed by atoms with E-state index >= 15 is 0 Å². The van der Waals surface area contributed by atoms with Crippen LogP contribution in [-0.2, 0) is 0 Å².